The molecule has 1 unspecified atom stereocenters. The van der Waals surface area contributed by atoms with E-state index in [0.717, 1.165) is 25.0 Å². The summed E-state index contributed by atoms with van der Waals surface area (Å²) in [6.45, 7) is 2.66. The Bertz CT molecular complexity index is 1270. The number of methoxy groups -OCH3 is 1. The zero-order chi connectivity index (χ0) is 27.2. The Balaban J connectivity index is 1.70. The third-order valence-electron chi connectivity index (χ3n) is 6.28. The normalized spacial score (nSPS) is 15.4. The minimum absolute atomic E-state index is 0.0699. The Morgan fingerprint density at radius 2 is 2.08 bits per heavy atom. The lowest BCUT2D eigenvalue weighted by atomic mass is 9.89. The maximum atomic E-state index is 14.3. The predicted octanol–water partition coefficient (Wildman–Crippen LogP) is 3.10. The third-order valence-corrected chi connectivity index (χ3v) is 6.28. The number of halogens is 2. The Kier molecular flexibility index (Phi) is 9.03. The van der Waals surface area contributed by atoms with Crippen molar-refractivity contribution in [2.45, 2.75) is 51.6 Å². The topological polar surface area (TPSA) is 131 Å². The number of hydrogen-bond acceptors (Lipinski definition) is 8. The van der Waals surface area contributed by atoms with Gasteiger partial charge in [-0.25, -0.2) is 23.2 Å². The number of imidazole rings is 1. The van der Waals surface area contributed by atoms with Crippen LogP contribution in [0.2, 0.25) is 6.82 Å². The van der Waals surface area contributed by atoms with Crippen LogP contribution in [0, 0.1) is 11.6 Å². The van der Waals surface area contributed by atoms with Gasteiger partial charge in [0, 0.05) is 24.8 Å². The number of hydrogen-bond donors (Lipinski definition) is 3. The van der Waals surface area contributed by atoms with Crippen molar-refractivity contribution in [3.05, 3.63) is 58.5 Å². The van der Waals surface area contributed by atoms with Crippen LogP contribution in [0.3, 0.4) is 0 Å². The summed E-state index contributed by atoms with van der Waals surface area (Å²) in [7, 11) is 0.579. The minimum Gasteiger partial charge on any atom is -0.464 e. The van der Waals surface area contributed by atoms with Gasteiger partial charge in [0.05, 0.1) is 18.4 Å². The van der Waals surface area contributed by atoms with Crippen molar-refractivity contribution in [1.29, 1.82) is 0 Å². The van der Waals surface area contributed by atoms with E-state index >= 15 is 0 Å². The van der Waals surface area contributed by atoms with Crippen molar-refractivity contribution in [1.82, 2.24) is 25.0 Å². The summed E-state index contributed by atoms with van der Waals surface area (Å²) in [5.74, 6) is -3.07. The van der Waals surface area contributed by atoms with Crippen LogP contribution in [-0.4, -0.2) is 63.8 Å². The molecule has 4 rings (SSSR count). The quantitative estimate of drug-likeness (QED) is 0.150. The van der Waals surface area contributed by atoms with Gasteiger partial charge in [0.1, 0.15) is 23.6 Å². The molecule has 1 aliphatic rings. The SMILES string of the molecule is COC(=O)c1nc(-c2nn(C3CCCCO3)cc2CC(=O)c2c(F)cccc2F)[nH]c1CCCNB(C)O. The zero-order valence-electron chi connectivity index (χ0n) is 21.3. The molecular weight excluding hydrogens is 499 g/mol. The average Bonchev–Trinajstić information content (AvgIpc) is 3.51. The Morgan fingerprint density at radius 1 is 1.32 bits per heavy atom. The fourth-order valence-corrected chi connectivity index (χ4v) is 4.41. The highest BCUT2D eigenvalue weighted by molar-refractivity contribution is 6.45. The number of benzene rings is 1. The Morgan fingerprint density at radius 3 is 2.74 bits per heavy atom. The number of ketones is 1. The molecule has 38 heavy (non-hydrogen) atoms. The molecule has 1 aromatic carbocycles. The van der Waals surface area contributed by atoms with Crippen LogP contribution in [0.25, 0.3) is 11.5 Å². The van der Waals surface area contributed by atoms with Crippen molar-refractivity contribution in [2.24, 2.45) is 0 Å². The number of rotatable bonds is 11. The van der Waals surface area contributed by atoms with Crippen LogP contribution in [0.5, 0.6) is 0 Å². The van der Waals surface area contributed by atoms with Gasteiger partial charge >= 0.3 is 13.0 Å². The number of ether oxygens (including phenoxy) is 2. The van der Waals surface area contributed by atoms with Gasteiger partial charge in [-0.05, 0) is 57.6 Å². The molecule has 1 fully saturated rings. The molecule has 0 amide bonds. The van der Waals surface area contributed by atoms with Crippen LogP contribution < -0.4 is 5.23 Å². The maximum absolute atomic E-state index is 14.3. The number of carbonyl (C=O) groups excluding carboxylic acids is 2. The second-order valence-electron chi connectivity index (χ2n) is 9.14. The summed E-state index contributed by atoms with van der Waals surface area (Å²) in [5.41, 5.74) is 0.587. The Hall–Kier alpha value is -3.42. The van der Waals surface area contributed by atoms with Gasteiger partial charge in [0.25, 0.3) is 0 Å². The molecule has 1 atom stereocenters. The van der Waals surface area contributed by atoms with Crippen LogP contribution in [0.15, 0.2) is 24.4 Å². The second kappa shape index (κ2) is 12.4. The molecule has 0 aliphatic carbocycles. The first-order valence-electron chi connectivity index (χ1n) is 12.5. The van der Waals surface area contributed by atoms with E-state index in [1.54, 1.807) is 17.7 Å². The van der Waals surface area contributed by atoms with E-state index in [1.807, 2.05) is 0 Å². The second-order valence-corrected chi connectivity index (χ2v) is 9.14. The van der Waals surface area contributed by atoms with Crippen molar-refractivity contribution < 1.29 is 32.9 Å². The molecule has 3 N–H and O–H groups in total. The van der Waals surface area contributed by atoms with E-state index < -0.39 is 36.0 Å². The van der Waals surface area contributed by atoms with Gasteiger partial charge in [0.2, 0.25) is 0 Å². The molecule has 2 aromatic heterocycles. The number of aromatic nitrogens is 4. The average molecular weight is 529 g/mol. The molecule has 1 aliphatic heterocycles. The first-order chi connectivity index (χ1) is 18.3. The molecule has 0 radical (unpaired) electrons. The summed E-state index contributed by atoms with van der Waals surface area (Å²) in [6.07, 6.45) is 4.48. The van der Waals surface area contributed by atoms with Crippen molar-refractivity contribution in [2.75, 3.05) is 20.3 Å². The number of nitrogens with one attached hydrogen (secondary N) is 2. The first-order valence-corrected chi connectivity index (χ1v) is 12.5. The number of aryl methyl sites for hydroxylation is 1. The van der Waals surface area contributed by atoms with Crippen molar-refractivity contribution in [3.63, 3.8) is 0 Å². The molecule has 13 heteroatoms. The standard InChI is InChI=1S/C25H30BF2N5O5/c1-26(36)29-11-6-9-18-23(25(35)37-2)31-24(30-18)22-15(14-33(32-22)20-10-3-4-12-38-20)13-19(34)21-16(27)7-5-8-17(21)28/h5,7-8,14,20,29,36H,3-4,6,9-13H2,1-2H3,(H,30,31). The van der Waals surface area contributed by atoms with Crippen LogP contribution >= 0.6 is 0 Å². The number of Topliss-reactive ketones (excluding diaryl/α,β-unsaturated/α-hetero) is 1. The van der Waals surface area contributed by atoms with Crippen molar-refractivity contribution >= 4 is 18.8 Å². The largest absolute Gasteiger partial charge is 0.464 e. The van der Waals surface area contributed by atoms with E-state index in [9.17, 15) is 23.4 Å². The lowest BCUT2D eigenvalue weighted by Gasteiger charge is -2.22. The van der Waals surface area contributed by atoms with E-state index in [1.165, 1.54) is 13.2 Å². The third kappa shape index (κ3) is 6.34. The summed E-state index contributed by atoms with van der Waals surface area (Å²) >= 11 is 0. The van der Waals surface area contributed by atoms with Gasteiger partial charge in [-0.3, -0.25) is 4.79 Å². The molecule has 1 saturated heterocycles. The van der Waals surface area contributed by atoms with Gasteiger partial charge in [-0.15, -0.1) is 0 Å². The number of nitrogens with zero attached hydrogens (tertiary/aromatic N) is 3. The van der Waals surface area contributed by atoms with Crippen LogP contribution in [0.1, 0.15) is 64.0 Å². The molecule has 0 spiro atoms. The highest BCUT2D eigenvalue weighted by Gasteiger charge is 2.27. The lowest BCUT2D eigenvalue weighted by molar-refractivity contribution is -0.0394. The van der Waals surface area contributed by atoms with Crippen molar-refractivity contribution in [3.8, 4) is 11.5 Å². The fraction of sp³-hybridized carbons (Fsp3) is 0.440. The highest BCUT2D eigenvalue weighted by Crippen LogP contribution is 2.29. The molecule has 0 saturated carbocycles. The van der Waals surface area contributed by atoms with E-state index in [4.69, 9.17) is 9.47 Å². The number of esters is 1. The monoisotopic (exact) mass is 529 g/mol. The zero-order valence-corrected chi connectivity index (χ0v) is 21.3. The number of carbonyl (C=O) groups is 2. The summed E-state index contributed by atoms with van der Waals surface area (Å²) in [5, 5.41) is 16.9. The summed E-state index contributed by atoms with van der Waals surface area (Å²) in [4.78, 5) is 33.0. The highest BCUT2D eigenvalue weighted by atomic mass is 19.1. The minimum atomic E-state index is -0.946. The van der Waals surface area contributed by atoms with Gasteiger partial charge in [0.15, 0.2) is 17.3 Å². The fourth-order valence-electron chi connectivity index (χ4n) is 4.41. The lowest BCUT2D eigenvalue weighted by Crippen LogP contribution is -2.31. The Labute approximate surface area is 218 Å². The molecule has 202 valence electrons. The van der Waals surface area contributed by atoms with Gasteiger partial charge in [-0.2, -0.15) is 5.10 Å². The summed E-state index contributed by atoms with van der Waals surface area (Å²) in [6, 6.07) is 3.26. The van der Waals surface area contributed by atoms with Gasteiger partial charge < -0.3 is 24.7 Å². The van der Waals surface area contributed by atoms with Crippen LogP contribution in [0.4, 0.5) is 8.78 Å². The van der Waals surface area contributed by atoms with E-state index in [2.05, 4.69) is 20.3 Å². The van der Waals surface area contributed by atoms with Gasteiger partial charge in [-0.1, -0.05) is 6.07 Å². The molecular formula is C25H30BF2N5O5. The first kappa shape index (κ1) is 27.6. The van der Waals surface area contributed by atoms with Crippen LogP contribution in [-0.2, 0) is 22.3 Å². The number of H-pyrrole nitrogens is 1. The maximum Gasteiger partial charge on any atom is 0.373 e. The molecule has 3 aromatic rings. The van der Waals surface area contributed by atoms with E-state index in [-0.39, 0.29) is 29.9 Å². The van der Waals surface area contributed by atoms with E-state index in [0.29, 0.717) is 43.7 Å². The number of aromatic amines is 1. The molecule has 3 heterocycles. The summed E-state index contributed by atoms with van der Waals surface area (Å²) < 4.78 is 40.9. The predicted molar refractivity (Wildman–Crippen MR) is 135 cm³/mol. The molecule has 0 bridgehead atoms. The molecule has 10 nitrogen and oxygen atoms in total. The smallest absolute Gasteiger partial charge is 0.373 e.